The summed E-state index contributed by atoms with van der Waals surface area (Å²) in [6, 6.07) is 1.60. The predicted molar refractivity (Wildman–Crippen MR) is 53.4 cm³/mol. The maximum atomic E-state index is 10.9. The molecular weight excluding hydrogens is 186 g/mol. The highest BCUT2D eigenvalue weighted by Crippen LogP contribution is 2.07. The molecule has 0 aliphatic carbocycles. The van der Waals surface area contributed by atoms with Crippen molar-refractivity contribution < 1.29 is 8.42 Å². The van der Waals surface area contributed by atoms with E-state index in [1.54, 1.807) is 12.3 Å². The minimum absolute atomic E-state index is 0.275. The third kappa shape index (κ3) is 4.03. The zero-order chi connectivity index (χ0) is 10.5. The molecule has 0 aliphatic heterocycles. The molecule has 1 aromatic heterocycles. The van der Waals surface area contributed by atoms with Gasteiger partial charge in [0, 0.05) is 18.6 Å². The van der Waals surface area contributed by atoms with Gasteiger partial charge in [-0.25, -0.2) is 8.42 Å². The van der Waals surface area contributed by atoms with Crippen LogP contribution in [0.4, 0.5) is 0 Å². The number of pyridine rings is 1. The zero-order valence-corrected chi connectivity index (χ0v) is 9.22. The van der Waals surface area contributed by atoms with E-state index >= 15 is 0 Å². The lowest BCUT2D eigenvalue weighted by Crippen LogP contribution is -1.97. The Balaban J connectivity index is 0.000000671. The maximum absolute atomic E-state index is 10.9. The Morgan fingerprint density at radius 2 is 1.77 bits per heavy atom. The minimum Gasteiger partial charge on any atom is -0.263 e. The number of nitrogens with zero attached hydrogens (tertiary/aromatic N) is 1. The van der Waals surface area contributed by atoms with Gasteiger partial charge < -0.3 is 0 Å². The van der Waals surface area contributed by atoms with Gasteiger partial charge in [-0.1, -0.05) is 13.8 Å². The van der Waals surface area contributed by atoms with E-state index in [0.29, 0.717) is 0 Å². The first-order chi connectivity index (χ1) is 6.00. The molecule has 3 nitrogen and oxygen atoms in total. The van der Waals surface area contributed by atoms with Gasteiger partial charge in [-0.3, -0.25) is 4.98 Å². The first-order valence-corrected chi connectivity index (χ1v) is 6.01. The molecule has 0 atom stereocenters. The highest BCUT2D eigenvalue weighted by Gasteiger charge is 2.05. The standard InChI is InChI=1S/C7H9NO2S.C2H6/c1-6-3-7(5-8-4-6)11(2,9)10;1-2/h3-5H,1-2H3;1-2H3. The highest BCUT2D eigenvalue weighted by atomic mass is 32.2. The van der Waals surface area contributed by atoms with Crippen molar-refractivity contribution in [1.29, 1.82) is 0 Å². The van der Waals surface area contributed by atoms with Crippen molar-refractivity contribution in [1.82, 2.24) is 4.98 Å². The molecule has 0 saturated carbocycles. The normalized spacial score (nSPS) is 10.2. The topological polar surface area (TPSA) is 47.0 Å². The molecule has 0 aromatic carbocycles. The van der Waals surface area contributed by atoms with E-state index in [1.807, 2.05) is 20.8 Å². The molecule has 0 aliphatic rings. The molecule has 0 radical (unpaired) electrons. The first-order valence-electron chi connectivity index (χ1n) is 4.12. The molecule has 4 heteroatoms. The van der Waals surface area contributed by atoms with Crippen molar-refractivity contribution in [2.24, 2.45) is 0 Å². The van der Waals surface area contributed by atoms with Gasteiger partial charge in [0.1, 0.15) is 0 Å². The summed E-state index contributed by atoms with van der Waals surface area (Å²) in [7, 11) is -3.09. The van der Waals surface area contributed by atoms with Crippen molar-refractivity contribution in [2.45, 2.75) is 25.7 Å². The molecule has 1 aromatic rings. The van der Waals surface area contributed by atoms with Crippen LogP contribution in [0.2, 0.25) is 0 Å². The molecule has 0 spiro atoms. The largest absolute Gasteiger partial charge is 0.263 e. The van der Waals surface area contributed by atoms with E-state index < -0.39 is 9.84 Å². The summed E-state index contributed by atoms with van der Waals surface area (Å²) in [6.07, 6.45) is 4.14. The van der Waals surface area contributed by atoms with E-state index in [2.05, 4.69) is 4.98 Å². The lowest BCUT2D eigenvalue weighted by Gasteiger charge is -1.96. The zero-order valence-electron chi connectivity index (χ0n) is 8.40. The summed E-state index contributed by atoms with van der Waals surface area (Å²) in [5, 5.41) is 0. The molecule has 0 N–H and O–H groups in total. The maximum Gasteiger partial charge on any atom is 0.177 e. The molecule has 1 heterocycles. The van der Waals surface area contributed by atoms with Crippen molar-refractivity contribution in [3.05, 3.63) is 24.0 Å². The Morgan fingerprint density at radius 1 is 1.23 bits per heavy atom. The second-order valence-corrected chi connectivity index (χ2v) is 4.49. The number of aromatic nitrogens is 1. The average Bonchev–Trinajstić information content (AvgIpc) is 2.06. The summed E-state index contributed by atoms with van der Waals surface area (Å²) in [6.45, 7) is 5.81. The van der Waals surface area contributed by atoms with Crippen molar-refractivity contribution >= 4 is 9.84 Å². The number of aryl methyl sites for hydroxylation is 1. The van der Waals surface area contributed by atoms with E-state index in [4.69, 9.17) is 0 Å². The first kappa shape index (κ1) is 12.1. The molecule has 0 unspecified atom stereocenters. The van der Waals surface area contributed by atoms with E-state index in [9.17, 15) is 8.42 Å². The smallest absolute Gasteiger partial charge is 0.177 e. The van der Waals surface area contributed by atoms with E-state index in [0.717, 1.165) is 5.56 Å². The molecule has 74 valence electrons. The Kier molecular flexibility index (Phi) is 4.62. The SMILES string of the molecule is CC.Cc1cncc(S(C)(=O)=O)c1. The van der Waals surface area contributed by atoms with Gasteiger partial charge in [-0.15, -0.1) is 0 Å². The highest BCUT2D eigenvalue weighted by molar-refractivity contribution is 7.90. The molecule has 0 saturated heterocycles. The van der Waals surface area contributed by atoms with E-state index in [1.165, 1.54) is 12.5 Å². The number of hydrogen-bond donors (Lipinski definition) is 0. The Morgan fingerprint density at radius 3 is 2.08 bits per heavy atom. The van der Waals surface area contributed by atoms with Gasteiger partial charge in [0.25, 0.3) is 0 Å². The molecule has 1 rings (SSSR count). The van der Waals surface area contributed by atoms with Crippen LogP contribution in [-0.4, -0.2) is 19.7 Å². The lowest BCUT2D eigenvalue weighted by molar-refractivity contribution is 0.601. The van der Waals surface area contributed by atoms with Gasteiger partial charge in [-0.2, -0.15) is 0 Å². The van der Waals surface area contributed by atoms with Crippen molar-refractivity contribution in [3.63, 3.8) is 0 Å². The minimum atomic E-state index is -3.09. The van der Waals surface area contributed by atoms with Crippen LogP contribution in [0, 0.1) is 6.92 Å². The predicted octanol–water partition coefficient (Wildman–Crippen LogP) is 1.82. The van der Waals surface area contributed by atoms with Gasteiger partial charge >= 0.3 is 0 Å². The van der Waals surface area contributed by atoms with Crippen LogP contribution >= 0.6 is 0 Å². The number of sulfone groups is 1. The molecule has 0 amide bonds. The third-order valence-corrected chi connectivity index (χ3v) is 2.36. The lowest BCUT2D eigenvalue weighted by atomic mass is 10.3. The van der Waals surface area contributed by atoms with Crippen LogP contribution in [0.15, 0.2) is 23.4 Å². The molecule has 0 bridgehead atoms. The Hall–Kier alpha value is -0.900. The van der Waals surface area contributed by atoms with Crippen LogP contribution in [0.3, 0.4) is 0 Å². The van der Waals surface area contributed by atoms with Gasteiger partial charge in [0.05, 0.1) is 4.90 Å². The van der Waals surface area contributed by atoms with Crippen LogP contribution in [0.5, 0.6) is 0 Å². The van der Waals surface area contributed by atoms with Gasteiger partial charge in [-0.05, 0) is 18.6 Å². The Bertz CT molecular complexity index is 358. The molecule has 13 heavy (non-hydrogen) atoms. The van der Waals surface area contributed by atoms with E-state index in [-0.39, 0.29) is 4.90 Å². The fourth-order valence-corrected chi connectivity index (χ4v) is 1.38. The summed E-state index contributed by atoms with van der Waals surface area (Å²) in [5.41, 5.74) is 0.855. The fraction of sp³-hybridized carbons (Fsp3) is 0.444. The quantitative estimate of drug-likeness (QED) is 0.696. The summed E-state index contributed by atoms with van der Waals surface area (Å²) in [4.78, 5) is 4.05. The van der Waals surface area contributed by atoms with Gasteiger partial charge in [0.15, 0.2) is 9.84 Å². The molecule has 0 fully saturated rings. The second kappa shape index (κ2) is 4.97. The number of hydrogen-bond acceptors (Lipinski definition) is 3. The summed E-state index contributed by atoms with van der Waals surface area (Å²) < 4.78 is 21.9. The third-order valence-electron chi connectivity index (χ3n) is 1.28. The molecular formula is C9H15NO2S. The van der Waals surface area contributed by atoms with Crippen LogP contribution < -0.4 is 0 Å². The van der Waals surface area contributed by atoms with Crippen LogP contribution in [0.1, 0.15) is 19.4 Å². The monoisotopic (exact) mass is 201 g/mol. The number of rotatable bonds is 1. The average molecular weight is 201 g/mol. The summed E-state index contributed by atoms with van der Waals surface area (Å²) >= 11 is 0. The Labute approximate surface area is 79.7 Å². The van der Waals surface area contributed by atoms with Crippen LogP contribution in [-0.2, 0) is 9.84 Å². The fourth-order valence-electron chi connectivity index (χ4n) is 0.730. The van der Waals surface area contributed by atoms with Crippen molar-refractivity contribution in [2.75, 3.05) is 6.26 Å². The summed E-state index contributed by atoms with van der Waals surface area (Å²) in [5.74, 6) is 0. The van der Waals surface area contributed by atoms with Crippen molar-refractivity contribution in [3.8, 4) is 0 Å². The van der Waals surface area contributed by atoms with Crippen LogP contribution in [0.25, 0.3) is 0 Å². The van der Waals surface area contributed by atoms with Gasteiger partial charge in [0.2, 0.25) is 0 Å². The second-order valence-electron chi connectivity index (χ2n) is 2.47.